The summed E-state index contributed by atoms with van der Waals surface area (Å²) in [6.45, 7) is 2.95. The molecule has 3 nitrogen and oxygen atoms in total. The lowest BCUT2D eigenvalue weighted by Crippen LogP contribution is -2.47. The van der Waals surface area contributed by atoms with Crippen LogP contribution in [-0.4, -0.2) is 18.8 Å². The molecule has 0 radical (unpaired) electrons. The fraction of sp³-hybridized carbons (Fsp3) is 0.538. The number of benzene rings is 1. The van der Waals surface area contributed by atoms with E-state index in [1.807, 2.05) is 6.07 Å². The first-order chi connectivity index (χ1) is 8.20. The lowest BCUT2D eigenvalue weighted by Gasteiger charge is -2.25. The Bertz CT molecular complexity index is 372. The van der Waals surface area contributed by atoms with Crippen molar-refractivity contribution in [3.63, 3.8) is 0 Å². The Hall–Kier alpha value is -0.970. The standard InChI is InChI=1S/C13H19FN2O/c1-9-5-6-17-13(9)12(16-15)8-10-3-2-4-11(14)7-10/h2-4,7,9,12-13,16H,5-6,8,15H2,1H3. The Labute approximate surface area is 101 Å². The van der Waals surface area contributed by atoms with Gasteiger partial charge in [0.25, 0.3) is 0 Å². The van der Waals surface area contributed by atoms with Gasteiger partial charge in [-0.25, -0.2) is 4.39 Å². The summed E-state index contributed by atoms with van der Waals surface area (Å²) < 4.78 is 18.8. The normalized spacial score (nSPS) is 26.1. The Kier molecular flexibility index (Phi) is 4.10. The van der Waals surface area contributed by atoms with Crippen LogP contribution in [-0.2, 0) is 11.2 Å². The second-order valence-corrected chi connectivity index (χ2v) is 4.71. The van der Waals surface area contributed by atoms with E-state index < -0.39 is 0 Å². The zero-order chi connectivity index (χ0) is 12.3. The highest BCUT2D eigenvalue weighted by Crippen LogP contribution is 2.24. The van der Waals surface area contributed by atoms with Crippen molar-refractivity contribution in [2.75, 3.05) is 6.61 Å². The average Bonchev–Trinajstić information content (AvgIpc) is 2.72. The number of rotatable bonds is 4. The summed E-state index contributed by atoms with van der Waals surface area (Å²) in [6.07, 6.45) is 1.86. The van der Waals surface area contributed by atoms with Crippen molar-refractivity contribution >= 4 is 0 Å². The third-order valence-electron chi connectivity index (χ3n) is 3.40. The van der Waals surface area contributed by atoms with E-state index in [1.165, 1.54) is 6.07 Å². The van der Waals surface area contributed by atoms with Crippen molar-refractivity contribution in [1.29, 1.82) is 0 Å². The molecule has 0 bridgehead atoms. The van der Waals surface area contributed by atoms with Crippen LogP contribution in [0.15, 0.2) is 24.3 Å². The van der Waals surface area contributed by atoms with Gasteiger partial charge in [0.15, 0.2) is 0 Å². The fourth-order valence-electron chi connectivity index (χ4n) is 2.42. The topological polar surface area (TPSA) is 47.3 Å². The summed E-state index contributed by atoms with van der Waals surface area (Å²) in [5, 5.41) is 0. The molecule has 2 rings (SSSR count). The maximum atomic E-state index is 13.1. The Morgan fingerprint density at radius 1 is 1.59 bits per heavy atom. The van der Waals surface area contributed by atoms with Gasteiger partial charge in [-0.15, -0.1) is 0 Å². The van der Waals surface area contributed by atoms with Gasteiger partial charge in [0.05, 0.1) is 12.1 Å². The molecular weight excluding hydrogens is 219 g/mol. The van der Waals surface area contributed by atoms with Gasteiger partial charge in [-0.1, -0.05) is 19.1 Å². The zero-order valence-electron chi connectivity index (χ0n) is 10.0. The summed E-state index contributed by atoms with van der Waals surface area (Å²) >= 11 is 0. The van der Waals surface area contributed by atoms with E-state index >= 15 is 0 Å². The second-order valence-electron chi connectivity index (χ2n) is 4.71. The van der Waals surface area contributed by atoms with Crippen LogP contribution >= 0.6 is 0 Å². The molecule has 3 N–H and O–H groups in total. The third kappa shape index (κ3) is 3.03. The van der Waals surface area contributed by atoms with E-state index in [2.05, 4.69) is 12.3 Å². The van der Waals surface area contributed by atoms with Crippen LogP contribution in [0.4, 0.5) is 4.39 Å². The predicted octanol–water partition coefficient (Wildman–Crippen LogP) is 1.63. The maximum Gasteiger partial charge on any atom is 0.123 e. The van der Waals surface area contributed by atoms with Crippen molar-refractivity contribution in [2.24, 2.45) is 11.8 Å². The minimum absolute atomic E-state index is 0.0364. The predicted molar refractivity (Wildman–Crippen MR) is 64.7 cm³/mol. The van der Waals surface area contributed by atoms with E-state index in [-0.39, 0.29) is 18.0 Å². The number of ether oxygens (including phenoxy) is 1. The number of hydrazine groups is 1. The first-order valence-corrected chi connectivity index (χ1v) is 6.03. The minimum atomic E-state index is -0.210. The third-order valence-corrected chi connectivity index (χ3v) is 3.40. The summed E-state index contributed by atoms with van der Waals surface area (Å²) in [7, 11) is 0. The van der Waals surface area contributed by atoms with Gasteiger partial charge in [-0.05, 0) is 36.5 Å². The molecular formula is C13H19FN2O. The zero-order valence-corrected chi connectivity index (χ0v) is 10.0. The van der Waals surface area contributed by atoms with Crippen molar-refractivity contribution < 1.29 is 9.13 Å². The molecule has 1 aromatic rings. The lowest BCUT2D eigenvalue weighted by molar-refractivity contribution is 0.0610. The molecule has 3 unspecified atom stereocenters. The number of hydrogen-bond donors (Lipinski definition) is 2. The van der Waals surface area contributed by atoms with Gasteiger partial charge < -0.3 is 4.74 Å². The molecule has 0 spiro atoms. The van der Waals surface area contributed by atoms with E-state index in [1.54, 1.807) is 12.1 Å². The van der Waals surface area contributed by atoms with E-state index in [9.17, 15) is 4.39 Å². The van der Waals surface area contributed by atoms with Crippen molar-refractivity contribution in [1.82, 2.24) is 5.43 Å². The number of hydrogen-bond acceptors (Lipinski definition) is 3. The van der Waals surface area contributed by atoms with Crippen LogP contribution in [0.3, 0.4) is 0 Å². The highest BCUT2D eigenvalue weighted by molar-refractivity contribution is 5.18. The molecule has 1 fully saturated rings. The van der Waals surface area contributed by atoms with Crippen LogP contribution in [0.1, 0.15) is 18.9 Å². The van der Waals surface area contributed by atoms with Gasteiger partial charge in [0.2, 0.25) is 0 Å². The summed E-state index contributed by atoms with van der Waals surface area (Å²) in [4.78, 5) is 0. The van der Waals surface area contributed by atoms with Gasteiger partial charge in [0, 0.05) is 6.61 Å². The largest absolute Gasteiger partial charge is 0.376 e. The lowest BCUT2D eigenvalue weighted by atomic mass is 9.93. The summed E-state index contributed by atoms with van der Waals surface area (Å²) in [6, 6.07) is 6.66. The molecule has 1 heterocycles. The molecule has 1 aliphatic rings. The molecule has 1 aromatic carbocycles. The first-order valence-electron chi connectivity index (χ1n) is 6.03. The Morgan fingerprint density at radius 3 is 3.00 bits per heavy atom. The van der Waals surface area contributed by atoms with Crippen molar-refractivity contribution in [3.8, 4) is 0 Å². The van der Waals surface area contributed by atoms with Crippen LogP contribution in [0.2, 0.25) is 0 Å². The average molecular weight is 238 g/mol. The molecule has 0 aliphatic carbocycles. The number of nitrogens with one attached hydrogen (secondary N) is 1. The highest BCUT2D eigenvalue weighted by Gasteiger charge is 2.31. The minimum Gasteiger partial charge on any atom is -0.376 e. The second kappa shape index (κ2) is 5.58. The smallest absolute Gasteiger partial charge is 0.123 e. The van der Waals surface area contributed by atoms with E-state index in [0.717, 1.165) is 18.6 Å². The van der Waals surface area contributed by atoms with Crippen LogP contribution in [0.5, 0.6) is 0 Å². The van der Waals surface area contributed by atoms with Crippen LogP contribution in [0.25, 0.3) is 0 Å². The van der Waals surface area contributed by atoms with Crippen molar-refractivity contribution in [3.05, 3.63) is 35.6 Å². The van der Waals surface area contributed by atoms with Gasteiger partial charge in [-0.3, -0.25) is 11.3 Å². The quantitative estimate of drug-likeness (QED) is 0.619. The van der Waals surface area contributed by atoms with Crippen LogP contribution in [0, 0.1) is 11.7 Å². The highest BCUT2D eigenvalue weighted by atomic mass is 19.1. The van der Waals surface area contributed by atoms with E-state index in [0.29, 0.717) is 12.3 Å². The summed E-state index contributed by atoms with van der Waals surface area (Å²) in [5.74, 6) is 5.86. The number of halogens is 1. The SMILES string of the molecule is CC1CCOC1C(Cc1cccc(F)c1)NN. The van der Waals surface area contributed by atoms with Gasteiger partial charge in [0.1, 0.15) is 5.82 Å². The molecule has 1 aliphatic heterocycles. The molecule has 94 valence electrons. The molecule has 0 saturated carbocycles. The maximum absolute atomic E-state index is 13.1. The van der Waals surface area contributed by atoms with Crippen molar-refractivity contribution in [2.45, 2.75) is 31.9 Å². The fourth-order valence-corrected chi connectivity index (χ4v) is 2.42. The molecule has 17 heavy (non-hydrogen) atoms. The molecule has 4 heteroatoms. The molecule has 0 amide bonds. The molecule has 3 atom stereocenters. The Morgan fingerprint density at radius 2 is 2.41 bits per heavy atom. The number of nitrogens with two attached hydrogens (primary N) is 1. The first kappa shape index (κ1) is 12.5. The van der Waals surface area contributed by atoms with Crippen LogP contribution < -0.4 is 11.3 Å². The van der Waals surface area contributed by atoms with E-state index in [4.69, 9.17) is 10.6 Å². The summed E-state index contributed by atoms with van der Waals surface area (Å²) in [5.41, 5.74) is 3.74. The monoisotopic (exact) mass is 238 g/mol. The molecule has 0 aromatic heterocycles. The molecule has 1 saturated heterocycles. The Balaban J connectivity index is 2.04. The van der Waals surface area contributed by atoms with Gasteiger partial charge in [-0.2, -0.15) is 0 Å². The van der Waals surface area contributed by atoms with Gasteiger partial charge >= 0.3 is 0 Å².